The molecule has 0 unspecified atom stereocenters. The van der Waals surface area contributed by atoms with E-state index in [2.05, 4.69) is 37.9 Å². The van der Waals surface area contributed by atoms with Gasteiger partial charge in [0.25, 0.3) is 0 Å². The van der Waals surface area contributed by atoms with E-state index >= 15 is 0 Å². The Morgan fingerprint density at radius 2 is 1.77 bits per heavy atom. The van der Waals surface area contributed by atoms with Crippen LogP contribution in [0.1, 0.15) is 25.7 Å². The molecule has 0 heterocycles. The Bertz CT molecular complexity index is 214. The van der Waals surface area contributed by atoms with Crippen LogP contribution in [-0.4, -0.2) is 11.1 Å². The smallest absolute Gasteiger partial charge is 0.306 e. The zero-order chi connectivity index (χ0) is 9.84. The molecule has 0 aliphatic heterocycles. The molecule has 0 atom stereocenters. The fraction of sp³-hybridized carbons (Fsp3) is 0.667. The van der Waals surface area contributed by atoms with Gasteiger partial charge in [0, 0.05) is 0 Å². The summed E-state index contributed by atoms with van der Waals surface area (Å²) in [5, 5.41) is 8.77. The van der Waals surface area contributed by atoms with Gasteiger partial charge in [0.1, 0.15) is 0 Å². The van der Waals surface area contributed by atoms with E-state index in [-0.39, 0.29) is 5.92 Å². The van der Waals surface area contributed by atoms with Crippen LogP contribution in [0.25, 0.3) is 0 Å². The third-order valence-corrected chi connectivity index (χ3v) is 3.01. The van der Waals surface area contributed by atoms with Gasteiger partial charge < -0.3 is 5.11 Å². The van der Waals surface area contributed by atoms with Crippen LogP contribution in [-0.2, 0) is 4.79 Å². The van der Waals surface area contributed by atoms with Gasteiger partial charge in [-0.05, 0) is 63.5 Å². The maximum absolute atomic E-state index is 10.6. The molecule has 2 nitrogen and oxygen atoms in total. The Kier molecular flexibility index (Phi) is 4.46. The van der Waals surface area contributed by atoms with Crippen molar-refractivity contribution in [1.82, 2.24) is 0 Å². The highest BCUT2D eigenvalue weighted by atomic mass is 79.9. The van der Waals surface area contributed by atoms with Crippen molar-refractivity contribution in [2.75, 3.05) is 0 Å². The first-order valence-corrected chi connectivity index (χ1v) is 5.94. The van der Waals surface area contributed by atoms with E-state index < -0.39 is 5.97 Å². The summed E-state index contributed by atoms with van der Waals surface area (Å²) in [7, 11) is 0. The first-order valence-electron chi connectivity index (χ1n) is 4.35. The summed E-state index contributed by atoms with van der Waals surface area (Å²) in [6.07, 6.45) is 5.70. The standard InChI is InChI=1S/C9H12Br2O2/c10-8(11)5-6-1-3-7(4-2-6)9(12)13/h5-7H,1-4H2,(H,12,13). The average Bonchev–Trinajstić information content (AvgIpc) is 2.04. The summed E-state index contributed by atoms with van der Waals surface area (Å²) in [6.45, 7) is 0. The van der Waals surface area contributed by atoms with Crippen LogP contribution < -0.4 is 0 Å². The zero-order valence-corrected chi connectivity index (χ0v) is 10.3. The van der Waals surface area contributed by atoms with E-state index in [0.717, 1.165) is 29.1 Å². The molecule has 0 saturated heterocycles. The number of allylic oxidation sites excluding steroid dienone is 1. The number of hydrogen-bond donors (Lipinski definition) is 1. The molecule has 1 rings (SSSR count). The van der Waals surface area contributed by atoms with Gasteiger partial charge in [0.15, 0.2) is 0 Å². The molecule has 1 saturated carbocycles. The molecule has 0 aromatic carbocycles. The number of hydrogen-bond acceptors (Lipinski definition) is 1. The molecule has 1 fully saturated rings. The second-order valence-corrected chi connectivity index (χ2v) is 6.18. The lowest BCUT2D eigenvalue weighted by Gasteiger charge is -2.23. The molecule has 4 heteroatoms. The minimum atomic E-state index is -0.639. The molecule has 1 aliphatic carbocycles. The fourth-order valence-electron chi connectivity index (χ4n) is 1.71. The van der Waals surface area contributed by atoms with E-state index in [1.165, 1.54) is 0 Å². The third kappa shape index (κ3) is 3.81. The van der Waals surface area contributed by atoms with Crippen LogP contribution >= 0.6 is 31.9 Å². The van der Waals surface area contributed by atoms with E-state index in [0.29, 0.717) is 5.92 Å². The van der Waals surface area contributed by atoms with E-state index in [9.17, 15) is 4.79 Å². The van der Waals surface area contributed by atoms with Crippen LogP contribution in [0.4, 0.5) is 0 Å². The molecular weight excluding hydrogens is 300 g/mol. The van der Waals surface area contributed by atoms with E-state index in [1.54, 1.807) is 0 Å². The predicted molar refractivity (Wildman–Crippen MR) is 59.0 cm³/mol. The predicted octanol–water partition coefficient (Wildman–Crippen LogP) is 3.51. The quantitative estimate of drug-likeness (QED) is 0.847. The number of carboxylic acid groups (broad SMARTS) is 1. The number of aliphatic carboxylic acids is 1. The van der Waals surface area contributed by atoms with Crippen molar-refractivity contribution < 1.29 is 9.90 Å². The minimum Gasteiger partial charge on any atom is -0.481 e. The largest absolute Gasteiger partial charge is 0.481 e. The molecule has 0 amide bonds. The van der Waals surface area contributed by atoms with Crippen molar-refractivity contribution in [1.29, 1.82) is 0 Å². The Hall–Kier alpha value is 0.170. The maximum Gasteiger partial charge on any atom is 0.306 e. The summed E-state index contributed by atoms with van der Waals surface area (Å²) in [6, 6.07) is 0. The molecule has 13 heavy (non-hydrogen) atoms. The molecule has 74 valence electrons. The van der Waals surface area contributed by atoms with Gasteiger partial charge >= 0.3 is 5.97 Å². The van der Waals surface area contributed by atoms with Gasteiger partial charge in [-0.25, -0.2) is 0 Å². The van der Waals surface area contributed by atoms with Gasteiger partial charge in [-0.15, -0.1) is 0 Å². The summed E-state index contributed by atoms with van der Waals surface area (Å²) in [4.78, 5) is 10.6. The SMILES string of the molecule is O=C(O)C1CCC(C=C(Br)Br)CC1. The Balaban J connectivity index is 2.39. The Labute approximate surface area is 94.7 Å². The van der Waals surface area contributed by atoms with Crippen LogP contribution in [0.2, 0.25) is 0 Å². The minimum absolute atomic E-state index is 0.112. The molecule has 0 radical (unpaired) electrons. The van der Waals surface area contributed by atoms with Crippen LogP contribution in [0.3, 0.4) is 0 Å². The third-order valence-electron chi connectivity index (χ3n) is 2.48. The van der Waals surface area contributed by atoms with Gasteiger partial charge in [0.2, 0.25) is 0 Å². The zero-order valence-electron chi connectivity index (χ0n) is 7.17. The van der Waals surface area contributed by atoms with Crippen molar-refractivity contribution >= 4 is 37.8 Å². The molecule has 1 N–H and O–H groups in total. The van der Waals surface area contributed by atoms with Crippen LogP contribution in [0.5, 0.6) is 0 Å². The number of carbonyl (C=O) groups is 1. The summed E-state index contributed by atoms with van der Waals surface area (Å²) >= 11 is 6.63. The highest BCUT2D eigenvalue weighted by molar-refractivity contribution is 9.28. The highest BCUT2D eigenvalue weighted by Gasteiger charge is 2.24. The van der Waals surface area contributed by atoms with Crippen molar-refractivity contribution in [2.45, 2.75) is 25.7 Å². The maximum atomic E-state index is 10.6. The summed E-state index contributed by atoms with van der Waals surface area (Å²) in [5.74, 6) is -0.219. The highest BCUT2D eigenvalue weighted by Crippen LogP contribution is 2.31. The molecule has 0 bridgehead atoms. The Morgan fingerprint density at radius 3 is 2.15 bits per heavy atom. The molecular formula is C9H12Br2O2. The monoisotopic (exact) mass is 310 g/mol. The number of halogens is 2. The van der Waals surface area contributed by atoms with Gasteiger partial charge in [-0.3, -0.25) is 4.79 Å². The second kappa shape index (κ2) is 5.15. The summed E-state index contributed by atoms with van der Waals surface area (Å²) in [5.41, 5.74) is 0. The van der Waals surface area contributed by atoms with Crippen molar-refractivity contribution in [2.24, 2.45) is 11.8 Å². The van der Waals surface area contributed by atoms with Gasteiger partial charge in [-0.2, -0.15) is 0 Å². The fourth-order valence-corrected chi connectivity index (χ4v) is 2.46. The topological polar surface area (TPSA) is 37.3 Å². The first kappa shape index (κ1) is 11.2. The lowest BCUT2D eigenvalue weighted by atomic mass is 9.82. The van der Waals surface area contributed by atoms with Crippen LogP contribution in [0.15, 0.2) is 9.47 Å². The number of rotatable bonds is 2. The van der Waals surface area contributed by atoms with Gasteiger partial charge in [-0.1, -0.05) is 6.08 Å². The lowest BCUT2D eigenvalue weighted by Crippen LogP contribution is -2.20. The Morgan fingerprint density at radius 1 is 1.23 bits per heavy atom. The van der Waals surface area contributed by atoms with E-state index in [4.69, 9.17) is 5.11 Å². The lowest BCUT2D eigenvalue weighted by molar-refractivity contribution is -0.142. The normalized spacial score (nSPS) is 28.2. The summed E-state index contributed by atoms with van der Waals surface area (Å²) < 4.78 is 0.971. The van der Waals surface area contributed by atoms with Crippen LogP contribution in [0, 0.1) is 11.8 Å². The van der Waals surface area contributed by atoms with Crippen molar-refractivity contribution in [3.05, 3.63) is 9.47 Å². The number of carboxylic acids is 1. The second-order valence-electron chi connectivity index (χ2n) is 3.41. The van der Waals surface area contributed by atoms with Gasteiger partial charge in [0.05, 0.1) is 9.31 Å². The molecule has 0 aromatic rings. The first-order chi connectivity index (χ1) is 6.09. The van der Waals surface area contributed by atoms with E-state index in [1.807, 2.05) is 0 Å². The molecule has 0 spiro atoms. The van der Waals surface area contributed by atoms with Crippen molar-refractivity contribution in [3.63, 3.8) is 0 Å². The molecule has 1 aliphatic rings. The average molecular weight is 312 g/mol. The van der Waals surface area contributed by atoms with Crippen molar-refractivity contribution in [3.8, 4) is 0 Å². The molecule has 0 aromatic heterocycles.